The number of rotatable bonds is 14. The molecule has 0 saturated carbocycles. The van der Waals surface area contributed by atoms with Gasteiger partial charge >= 0.3 is 24.1 Å². The maximum absolute atomic E-state index is 13.0. The zero-order valence-corrected chi connectivity index (χ0v) is 33.7. The van der Waals surface area contributed by atoms with Crippen LogP contribution in [0.15, 0.2) is 156 Å². The highest BCUT2D eigenvalue weighted by Crippen LogP contribution is 2.33. The molecule has 0 aliphatic carbocycles. The Morgan fingerprint density at radius 3 is 1.97 bits per heavy atom. The Bertz CT molecular complexity index is 2660. The van der Waals surface area contributed by atoms with E-state index in [1.165, 1.54) is 24.3 Å². The van der Waals surface area contributed by atoms with Gasteiger partial charge < -0.3 is 39.5 Å². The molecular formula is C49H42FN3O10. The molecule has 2 aromatic heterocycles. The van der Waals surface area contributed by atoms with Crippen molar-refractivity contribution in [2.75, 3.05) is 6.61 Å². The van der Waals surface area contributed by atoms with E-state index >= 15 is 0 Å². The standard InChI is InChI=1S/C25H23NO5.C24H19FN2O5/c27-24(28)22(13-17-7-3-1-4-8-17)26-25(29)30-16-21-15-20-14-19(11-12-23(20)31-21)18-9-5-2-6-10-18;25-19-6-3-15(4-7-19)10-21(23(28)29)27-24(30)31-14-20-12-18-11-16(5-8-22(18)32-20)17-2-1-9-26-13-17/h1-12,14,21-22H,13,15-16H2,(H,26,29)(H,27,28);1-9,11-13,21H,10,14H2,(H,27,30)(H,28,29). The molecule has 5 aromatic carbocycles. The number of halogens is 1. The maximum atomic E-state index is 13.0. The highest BCUT2D eigenvalue weighted by Gasteiger charge is 2.27. The molecule has 63 heavy (non-hydrogen) atoms. The van der Waals surface area contributed by atoms with Gasteiger partial charge in [0.15, 0.2) is 6.61 Å². The minimum atomic E-state index is -1.22. The third kappa shape index (κ3) is 12.1. The first-order valence-corrected chi connectivity index (χ1v) is 19.9. The van der Waals surface area contributed by atoms with E-state index in [4.69, 9.17) is 18.6 Å². The van der Waals surface area contributed by atoms with Crippen molar-refractivity contribution in [3.63, 3.8) is 0 Å². The van der Waals surface area contributed by atoms with Crippen LogP contribution in [0.1, 0.15) is 22.5 Å². The average molecular weight is 852 g/mol. The number of carboxylic acids is 2. The number of alkyl carbamates (subject to hydrolysis) is 2. The summed E-state index contributed by atoms with van der Waals surface area (Å²) in [6, 6.07) is 39.6. The zero-order valence-electron chi connectivity index (χ0n) is 33.7. The lowest BCUT2D eigenvalue weighted by Crippen LogP contribution is -2.43. The number of aromatic nitrogens is 1. The molecule has 0 fully saturated rings. The second-order valence-electron chi connectivity index (χ2n) is 14.6. The Morgan fingerprint density at radius 2 is 1.30 bits per heavy atom. The number of benzene rings is 5. The van der Waals surface area contributed by atoms with E-state index in [-0.39, 0.29) is 32.2 Å². The molecule has 1 aliphatic heterocycles. The van der Waals surface area contributed by atoms with Gasteiger partial charge in [0.25, 0.3) is 0 Å². The summed E-state index contributed by atoms with van der Waals surface area (Å²) in [5.74, 6) is -1.56. The fourth-order valence-corrected chi connectivity index (χ4v) is 6.89. The van der Waals surface area contributed by atoms with Crippen molar-refractivity contribution in [1.82, 2.24) is 15.6 Å². The predicted octanol–water partition coefficient (Wildman–Crippen LogP) is 8.64. The SMILES string of the molecule is O=C(NC(Cc1ccc(F)cc1)C(=O)O)OCc1cc2cc(-c3cccnc3)ccc2o1.O=C(NC(Cc1ccccc1)C(=O)O)OCC1Cc2cc(-c3ccccc3)ccc2O1. The molecule has 3 heterocycles. The van der Waals surface area contributed by atoms with Crippen LogP contribution in [0, 0.1) is 5.82 Å². The Labute approximate surface area is 361 Å². The molecule has 0 bridgehead atoms. The molecule has 2 amide bonds. The molecule has 0 saturated heterocycles. The summed E-state index contributed by atoms with van der Waals surface area (Å²) in [7, 11) is 0. The molecule has 14 heteroatoms. The number of hydrogen-bond donors (Lipinski definition) is 4. The summed E-state index contributed by atoms with van der Waals surface area (Å²) in [4.78, 5) is 51.4. The molecule has 3 atom stereocenters. The number of aliphatic carboxylic acids is 2. The summed E-state index contributed by atoms with van der Waals surface area (Å²) in [6.45, 7) is -0.121. The van der Waals surface area contributed by atoms with Crippen LogP contribution >= 0.6 is 0 Å². The van der Waals surface area contributed by atoms with Crippen LogP contribution in [0.25, 0.3) is 33.2 Å². The van der Waals surface area contributed by atoms with Crippen LogP contribution in [0.5, 0.6) is 5.75 Å². The summed E-state index contributed by atoms with van der Waals surface area (Å²) < 4.78 is 35.0. The van der Waals surface area contributed by atoms with Crippen LogP contribution < -0.4 is 15.4 Å². The zero-order chi connectivity index (χ0) is 44.1. The van der Waals surface area contributed by atoms with Gasteiger partial charge in [-0.2, -0.15) is 0 Å². The molecule has 1 aliphatic rings. The van der Waals surface area contributed by atoms with E-state index in [0.717, 1.165) is 44.5 Å². The number of carbonyl (C=O) groups is 4. The van der Waals surface area contributed by atoms with Gasteiger partial charge in [-0.1, -0.05) is 91.0 Å². The number of ether oxygens (including phenoxy) is 3. The minimum Gasteiger partial charge on any atom is -0.486 e. The first-order chi connectivity index (χ1) is 30.6. The van der Waals surface area contributed by atoms with Gasteiger partial charge in [0.2, 0.25) is 0 Å². The van der Waals surface area contributed by atoms with Gasteiger partial charge in [-0.3, -0.25) is 4.98 Å². The second kappa shape index (κ2) is 20.5. The van der Waals surface area contributed by atoms with E-state index < -0.39 is 42.0 Å². The third-order valence-electron chi connectivity index (χ3n) is 10.0. The van der Waals surface area contributed by atoms with Gasteiger partial charge in [0.05, 0.1) is 0 Å². The van der Waals surface area contributed by atoms with Gasteiger partial charge in [0, 0.05) is 42.6 Å². The normalized spacial score (nSPS) is 13.6. The lowest BCUT2D eigenvalue weighted by molar-refractivity contribution is -0.140. The number of carboxylic acid groups (broad SMARTS) is 2. The van der Waals surface area contributed by atoms with Crippen LogP contribution in [-0.2, 0) is 44.9 Å². The van der Waals surface area contributed by atoms with Crippen molar-refractivity contribution in [2.24, 2.45) is 0 Å². The lowest BCUT2D eigenvalue weighted by atomic mass is 10.0. The first-order valence-electron chi connectivity index (χ1n) is 19.9. The highest BCUT2D eigenvalue weighted by molar-refractivity contribution is 5.84. The maximum Gasteiger partial charge on any atom is 0.408 e. The van der Waals surface area contributed by atoms with E-state index in [1.54, 1.807) is 18.5 Å². The van der Waals surface area contributed by atoms with Crippen LogP contribution in [-0.4, -0.2) is 64.1 Å². The van der Waals surface area contributed by atoms with E-state index in [9.17, 15) is 33.8 Å². The fraction of sp³-hybridized carbons (Fsp3) is 0.163. The minimum absolute atomic E-state index is 0.00747. The molecule has 0 radical (unpaired) electrons. The Balaban J connectivity index is 0.000000189. The molecule has 7 aromatic rings. The van der Waals surface area contributed by atoms with Crippen molar-refractivity contribution < 1.29 is 52.4 Å². The second-order valence-corrected chi connectivity index (χ2v) is 14.6. The topological polar surface area (TPSA) is 187 Å². The van der Waals surface area contributed by atoms with Gasteiger partial charge in [0.1, 0.15) is 47.7 Å². The molecule has 13 nitrogen and oxygen atoms in total. The fourth-order valence-electron chi connectivity index (χ4n) is 6.89. The number of amides is 2. The number of hydrogen-bond acceptors (Lipinski definition) is 9. The summed E-state index contributed by atoms with van der Waals surface area (Å²) in [5.41, 5.74) is 7.25. The number of nitrogens with one attached hydrogen (secondary N) is 2. The van der Waals surface area contributed by atoms with E-state index in [2.05, 4.69) is 33.8 Å². The molecule has 4 N–H and O–H groups in total. The Hall–Kier alpha value is -8.00. The number of fused-ring (bicyclic) bond motifs is 2. The van der Waals surface area contributed by atoms with Crippen LogP contribution in [0.4, 0.5) is 14.0 Å². The quantitative estimate of drug-likeness (QED) is 0.0821. The Kier molecular flexibility index (Phi) is 14.0. The third-order valence-corrected chi connectivity index (χ3v) is 10.0. The highest BCUT2D eigenvalue weighted by atomic mass is 19.1. The number of carbonyl (C=O) groups excluding carboxylic acids is 2. The molecular weight excluding hydrogens is 810 g/mol. The lowest BCUT2D eigenvalue weighted by Gasteiger charge is -2.16. The first kappa shape index (κ1) is 43.1. The van der Waals surface area contributed by atoms with Crippen LogP contribution in [0.3, 0.4) is 0 Å². The number of pyridine rings is 1. The van der Waals surface area contributed by atoms with Crippen molar-refractivity contribution in [3.05, 3.63) is 180 Å². The largest absolute Gasteiger partial charge is 0.486 e. The predicted molar refractivity (Wildman–Crippen MR) is 230 cm³/mol. The van der Waals surface area contributed by atoms with Gasteiger partial charge in [-0.05, 0) is 81.9 Å². The van der Waals surface area contributed by atoms with Gasteiger partial charge in [-0.15, -0.1) is 0 Å². The van der Waals surface area contributed by atoms with Crippen LogP contribution in [0.2, 0.25) is 0 Å². The van der Waals surface area contributed by atoms with Crippen molar-refractivity contribution in [1.29, 1.82) is 0 Å². The van der Waals surface area contributed by atoms with Crippen molar-refractivity contribution in [2.45, 2.75) is 44.1 Å². The average Bonchev–Trinajstić information content (AvgIpc) is 3.92. The van der Waals surface area contributed by atoms with Crippen molar-refractivity contribution >= 4 is 35.1 Å². The molecule has 320 valence electrons. The Morgan fingerprint density at radius 1 is 0.683 bits per heavy atom. The summed E-state index contributed by atoms with van der Waals surface area (Å²) in [6.07, 6.45) is 2.30. The summed E-state index contributed by atoms with van der Waals surface area (Å²) in [5, 5.41) is 24.4. The number of furan rings is 1. The monoisotopic (exact) mass is 851 g/mol. The van der Waals surface area contributed by atoms with E-state index in [0.29, 0.717) is 23.3 Å². The molecule has 8 rings (SSSR count). The number of nitrogens with zero attached hydrogens (tertiary/aromatic N) is 1. The van der Waals surface area contributed by atoms with Gasteiger partial charge in [-0.25, -0.2) is 23.6 Å². The molecule has 3 unspecified atom stereocenters. The summed E-state index contributed by atoms with van der Waals surface area (Å²) >= 11 is 0. The molecule has 0 spiro atoms. The van der Waals surface area contributed by atoms with Crippen molar-refractivity contribution in [3.8, 4) is 28.0 Å². The van der Waals surface area contributed by atoms with E-state index in [1.807, 2.05) is 91.0 Å². The smallest absolute Gasteiger partial charge is 0.408 e.